The molecule has 4 fully saturated rings. The maximum atomic E-state index is 12.8. The summed E-state index contributed by atoms with van der Waals surface area (Å²) in [6, 6.07) is 0.486. The molecule has 3 heterocycles. The summed E-state index contributed by atoms with van der Waals surface area (Å²) in [6.07, 6.45) is 9.72. The van der Waals surface area contributed by atoms with E-state index in [9.17, 15) is 4.79 Å². The molecule has 2 amide bonds. The summed E-state index contributed by atoms with van der Waals surface area (Å²) >= 11 is 1.52. The number of carbonyl (C=O) groups excluding carboxylic acids is 1. The Morgan fingerprint density at radius 1 is 1.17 bits per heavy atom. The van der Waals surface area contributed by atoms with Gasteiger partial charge in [0.1, 0.15) is 5.01 Å². The van der Waals surface area contributed by atoms with Crippen LogP contribution in [0.3, 0.4) is 0 Å². The van der Waals surface area contributed by atoms with Crippen LogP contribution in [0.5, 0.6) is 0 Å². The van der Waals surface area contributed by atoms with E-state index in [1.54, 1.807) is 0 Å². The van der Waals surface area contributed by atoms with Gasteiger partial charge in [0.25, 0.3) is 0 Å². The topological polar surface area (TPSA) is 58.1 Å². The lowest BCUT2D eigenvalue weighted by atomic mass is 9.68. The maximum Gasteiger partial charge on any atom is 0.323 e. The van der Waals surface area contributed by atoms with Gasteiger partial charge in [-0.2, -0.15) is 0 Å². The van der Waals surface area contributed by atoms with E-state index in [1.807, 2.05) is 0 Å². The second-order valence-electron chi connectivity index (χ2n) is 7.62. The number of amides is 2. The minimum absolute atomic E-state index is 0.0430. The monoisotopic (exact) mass is 334 g/mol. The van der Waals surface area contributed by atoms with Crippen molar-refractivity contribution in [1.29, 1.82) is 0 Å². The van der Waals surface area contributed by atoms with Crippen LogP contribution in [0.1, 0.15) is 56.9 Å². The summed E-state index contributed by atoms with van der Waals surface area (Å²) in [5, 5.41) is 13.0. The molecule has 0 aromatic carbocycles. The van der Waals surface area contributed by atoms with Gasteiger partial charge in [0.2, 0.25) is 5.13 Å². The Kier molecular flexibility index (Phi) is 4.26. The lowest BCUT2D eigenvalue weighted by molar-refractivity contribution is 0.136. The van der Waals surface area contributed by atoms with Crippen molar-refractivity contribution in [2.45, 2.75) is 64.3 Å². The SMILES string of the molecule is CCCCc1nnc(NC(=O)N2CC3CC4CC(C3)CC2C4)s1. The molecule has 2 aliphatic heterocycles. The third kappa shape index (κ3) is 3.23. The summed E-state index contributed by atoms with van der Waals surface area (Å²) < 4.78 is 0. The van der Waals surface area contributed by atoms with Crippen molar-refractivity contribution >= 4 is 22.5 Å². The molecule has 1 aromatic rings. The van der Waals surface area contributed by atoms with Gasteiger partial charge in [0.15, 0.2) is 0 Å². The molecule has 2 atom stereocenters. The predicted molar refractivity (Wildman–Crippen MR) is 91.6 cm³/mol. The van der Waals surface area contributed by atoms with Crippen molar-refractivity contribution in [3.8, 4) is 0 Å². The second kappa shape index (κ2) is 6.38. The molecule has 23 heavy (non-hydrogen) atoms. The molecule has 0 spiro atoms. The van der Waals surface area contributed by atoms with Crippen LogP contribution in [0, 0.1) is 17.8 Å². The number of carbonyl (C=O) groups is 1. The first kappa shape index (κ1) is 15.4. The molecule has 5 rings (SSSR count). The van der Waals surface area contributed by atoms with E-state index < -0.39 is 0 Å². The molecule has 4 aliphatic rings. The van der Waals surface area contributed by atoms with Gasteiger partial charge in [-0.15, -0.1) is 10.2 Å². The first-order valence-electron chi connectivity index (χ1n) is 9.11. The molecule has 2 aliphatic carbocycles. The van der Waals surface area contributed by atoms with Crippen molar-refractivity contribution in [3.05, 3.63) is 5.01 Å². The molecule has 1 N–H and O–H groups in total. The molecule has 2 unspecified atom stereocenters. The molecule has 2 saturated carbocycles. The molecule has 126 valence electrons. The van der Waals surface area contributed by atoms with E-state index >= 15 is 0 Å². The van der Waals surface area contributed by atoms with Crippen LogP contribution in [0.15, 0.2) is 0 Å². The Bertz CT molecular complexity index is 561. The number of hydrogen-bond donors (Lipinski definition) is 1. The number of aromatic nitrogens is 2. The van der Waals surface area contributed by atoms with Gasteiger partial charge < -0.3 is 4.90 Å². The Morgan fingerprint density at radius 2 is 1.91 bits per heavy atom. The molecular formula is C17H26N4OS. The highest BCUT2D eigenvalue weighted by atomic mass is 32.1. The fraction of sp³-hybridized carbons (Fsp3) is 0.824. The number of fused-ring (bicyclic) bond motifs is 1. The molecule has 5 nitrogen and oxygen atoms in total. The lowest BCUT2D eigenvalue weighted by Crippen LogP contribution is -2.44. The van der Waals surface area contributed by atoms with Crippen molar-refractivity contribution in [3.63, 3.8) is 0 Å². The standard InChI is InChI=1S/C17H26N4OS/c1-2-3-4-15-19-20-16(23-15)18-17(22)21-10-13-6-11-5-12(7-13)9-14(21)8-11/h11-14H,2-10H2,1H3,(H,18,20,22). The van der Waals surface area contributed by atoms with E-state index in [2.05, 4.69) is 27.3 Å². The van der Waals surface area contributed by atoms with Gasteiger partial charge in [-0.1, -0.05) is 24.7 Å². The summed E-state index contributed by atoms with van der Waals surface area (Å²) in [7, 11) is 0. The summed E-state index contributed by atoms with van der Waals surface area (Å²) in [6.45, 7) is 3.11. The number of anilines is 1. The predicted octanol–water partition coefficient (Wildman–Crippen LogP) is 3.92. The van der Waals surface area contributed by atoms with Gasteiger partial charge in [-0.3, -0.25) is 5.32 Å². The largest absolute Gasteiger partial charge is 0.323 e. The van der Waals surface area contributed by atoms with Gasteiger partial charge in [0, 0.05) is 19.0 Å². The van der Waals surface area contributed by atoms with Gasteiger partial charge >= 0.3 is 6.03 Å². The Hall–Kier alpha value is -1.17. The number of aryl methyl sites for hydroxylation is 1. The Labute approximate surface area is 141 Å². The molecule has 4 bridgehead atoms. The van der Waals surface area contributed by atoms with Crippen LogP contribution < -0.4 is 5.32 Å². The van der Waals surface area contributed by atoms with Gasteiger partial charge in [-0.05, 0) is 56.3 Å². The Morgan fingerprint density at radius 3 is 2.65 bits per heavy atom. The quantitative estimate of drug-likeness (QED) is 0.908. The smallest absolute Gasteiger partial charge is 0.321 e. The van der Waals surface area contributed by atoms with Crippen LogP contribution in [0.4, 0.5) is 9.93 Å². The highest BCUT2D eigenvalue weighted by molar-refractivity contribution is 7.15. The molecular weight excluding hydrogens is 308 g/mol. The molecule has 0 radical (unpaired) electrons. The first-order valence-corrected chi connectivity index (χ1v) is 9.93. The summed E-state index contributed by atoms with van der Waals surface area (Å²) in [5.41, 5.74) is 0. The number of nitrogens with zero attached hydrogens (tertiary/aromatic N) is 3. The number of unbranched alkanes of at least 4 members (excludes halogenated alkanes) is 1. The number of hydrogen-bond acceptors (Lipinski definition) is 4. The van der Waals surface area contributed by atoms with Crippen LogP contribution in [0.2, 0.25) is 0 Å². The molecule has 6 heteroatoms. The van der Waals surface area contributed by atoms with Crippen molar-refractivity contribution < 1.29 is 4.79 Å². The van der Waals surface area contributed by atoms with Crippen molar-refractivity contribution in [1.82, 2.24) is 15.1 Å². The average Bonchev–Trinajstić information content (AvgIpc) is 2.87. The van der Waals surface area contributed by atoms with Crippen molar-refractivity contribution in [2.24, 2.45) is 17.8 Å². The van der Waals surface area contributed by atoms with Crippen LogP contribution in [-0.2, 0) is 6.42 Å². The maximum absolute atomic E-state index is 12.8. The van der Waals surface area contributed by atoms with E-state index in [0.717, 1.165) is 42.7 Å². The Balaban J connectivity index is 1.41. The van der Waals surface area contributed by atoms with E-state index in [0.29, 0.717) is 17.1 Å². The van der Waals surface area contributed by atoms with E-state index in [1.165, 1.54) is 43.4 Å². The highest BCUT2D eigenvalue weighted by Crippen LogP contribution is 2.47. The van der Waals surface area contributed by atoms with Gasteiger partial charge in [0.05, 0.1) is 0 Å². The summed E-state index contributed by atoms with van der Waals surface area (Å²) in [4.78, 5) is 14.9. The zero-order valence-corrected chi connectivity index (χ0v) is 14.6. The first-order chi connectivity index (χ1) is 11.2. The second-order valence-corrected chi connectivity index (χ2v) is 8.68. The minimum Gasteiger partial charge on any atom is -0.321 e. The zero-order chi connectivity index (χ0) is 15.8. The van der Waals surface area contributed by atoms with Crippen molar-refractivity contribution in [2.75, 3.05) is 11.9 Å². The normalized spacial score (nSPS) is 32.1. The molecule has 1 aromatic heterocycles. The number of nitrogens with one attached hydrogen (secondary N) is 1. The van der Waals surface area contributed by atoms with Gasteiger partial charge in [-0.25, -0.2) is 4.79 Å². The van der Waals surface area contributed by atoms with Crippen LogP contribution in [-0.4, -0.2) is 33.7 Å². The highest BCUT2D eigenvalue weighted by Gasteiger charge is 2.44. The van der Waals surface area contributed by atoms with E-state index in [4.69, 9.17) is 0 Å². The van der Waals surface area contributed by atoms with Crippen LogP contribution >= 0.6 is 11.3 Å². The van der Waals surface area contributed by atoms with E-state index in [-0.39, 0.29) is 6.03 Å². The summed E-state index contributed by atoms with van der Waals surface area (Å²) in [5.74, 6) is 2.43. The lowest BCUT2D eigenvalue weighted by Gasteiger charge is -2.38. The third-order valence-corrected chi connectivity index (χ3v) is 6.69. The fourth-order valence-electron chi connectivity index (χ4n) is 4.93. The third-order valence-electron chi connectivity index (χ3n) is 5.79. The number of rotatable bonds is 4. The average molecular weight is 334 g/mol. The fourth-order valence-corrected chi connectivity index (χ4v) is 5.70. The number of urea groups is 1. The molecule has 2 saturated heterocycles. The minimum atomic E-state index is 0.0430. The zero-order valence-electron chi connectivity index (χ0n) is 13.8. The van der Waals surface area contributed by atoms with Crippen LogP contribution in [0.25, 0.3) is 0 Å².